The SMILES string of the molecule is CN1CC=C(c2cn(S(=O)(=O)c3ccc4c(c3)OCCO4)c3ccc(F)cc23)CC1. The summed E-state index contributed by atoms with van der Waals surface area (Å²) < 4.78 is 53.3. The fourth-order valence-electron chi connectivity index (χ4n) is 3.94. The molecule has 3 aromatic rings. The number of hydrogen-bond acceptors (Lipinski definition) is 5. The minimum absolute atomic E-state index is 0.0943. The van der Waals surface area contributed by atoms with E-state index in [9.17, 15) is 12.8 Å². The molecule has 1 aromatic heterocycles. The second-order valence-electron chi connectivity index (χ2n) is 7.55. The summed E-state index contributed by atoms with van der Waals surface area (Å²) in [5.74, 6) is 0.534. The van der Waals surface area contributed by atoms with Crippen LogP contribution in [0.2, 0.25) is 0 Å². The first-order valence-corrected chi connectivity index (χ1v) is 11.2. The Bertz CT molecular complexity index is 1280. The lowest BCUT2D eigenvalue weighted by atomic mass is 9.99. The minimum atomic E-state index is -3.92. The van der Waals surface area contributed by atoms with Gasteiger partial charge >= 0.3 is 0 Å². The number of halogens is 1. The van der Waals surface area contributed by atoms with E-state index in [4.69, 9.17) is 9.47 Å². The molecule has 3 heterocycles. The molecule has 2 aliphatic heterocycles. The Balaban J connectivity index is 1.67. The maximum Gasteiger partial charge on any atom is 0.268 e. The summed E-state index contributed by atoms with van der Waals surface area (Å²) in [4.78, 5) is 2.27. The fourth-order valence-corrected chi connectivity index (χ4v) is 5.33. The third-order valence-corrected chi connectivity index (χ3v) is 7.23. The minimum Gasteiger partial charge on any atom is -0.486 e. The molecule has 0 atom stereocenters. The maximum atomic E-state index is 14.0. The van der Waals surface area contributed by atoms with Gasteiger partial charge in [0.25, 0.3) is 10.0 Å². The highest BCUT2D eigenvalue weighted by atomic mass is 32.2. The predicted molar refractivity (Wildman–Crippen MR) is 112 cm³/mol. The van der Waals surface area contributed by atoms with Crippen LogP contribution in [0.3, 0.4) is 0 Å². The van der Waals surface area contributed by atoms with Gasteiger partial charge in [0.1, 0.15) is 19.0 Å². The van der Waals surface area contributed by atoms with Gasteiger partial charge in [-0.25, -0.2) is 16.8 Å². The molecule has 0 unspecified atom stereocenters. The molecule has 5 rings (SSSR count). The van der Waals surface area contributed by atoms with Crippen LogP contribution in [0.25, 0.3) is 16.5 Å². The van der Waals surface area contributed by atoms with Crippen LogP contribution < -0.4 is 9.47 Å². The topological polar surface area (TPSA) is 60.8 Å². The Kier molecular flexibility index (Phi) is 4.56. The first-order valence-electron chi connectivity index (χ1n) is 9.77. The van der Waals surface area contributed by atoms with E-state index in [0.717, 1.165) is 30.6 Å². The number of likely N-dealkylation sites (N-methyl/N-ethyl adjacent to an activating group) is 1. The van der Waals surface area contributed by atoms with E-state index >= 15 is 0 Å². The first-order chi connectivity index (χ1) is 14.4. The summed E-state index contributed by atoms with van der Waals surface area (Å²) in [6.45, 7) is 2.44. The van der Waals surface area contributed by atoms with Crippen LogP contribution in [-0.2, 0) is 10.0 Å². The summed E-state index contributed by atoms with van der Waals surface area (Å²) in [6, 6.07) is 8.79. The molecule has 2 aliphatic rings. The molecule has 0 spiro atoms. The van der Waals surface area contributed by atoms with Gasteiger partial charge in [-0.3, -0.25) is 0 Å². The van der Waals surface area contributed by atoms with E-state index in [1.807, 2.05) is 7.05 Å². The Morgan fingerprint density at radius 1 is 1.03 bits per heavy atom. The van der Waals surface area contributed by atoms with Crippen molar-refractivity contribution in [3.05, 3.63) is 60.1 Å². The van der Waals surface area contributed by atoms with E-state index in [0.29, 0.717) is 35.6 Å². The number of nitrogens with zero attached hydrogens (tertiary/aromatic N) is 2. The summed E-state index contributed by atoms with van der Waals surface area (Å²) in [6.07, 6.45) is 4.45. The lowest BCUT2D eigenvalue weighted by molar-refractivity contribution is 0.171. The first kappa shape index (κ1) is 19.1. The zero-order chi connectivity index (χ0) is 20.9. The predicted octanol–water partition coefficient (Wildman–Crippen LogP) is 3.51. The molecule has 0 radical (unpaired) electrons. The van der Waals surface area contributed by atoms with Crippen LogP contribution in [0.4, 0.5) is 4.39 Å². The number of fused-ring (bicyclic) bond motifs is 2. The Morgan fingerprint density at radius 3 is 2.60 bits per heavy atom. The lowest BCUT2D eigenvalue weighted by Gasteiger charge is -2.21. The van der Waals surface area contributed by atoms with Crippen molar-refractivity contribution in [1.82, 2.24) is 8.87 Å². The quantitative estimate of drug-likeness (QED) is 0.639. The average molecular weight is 428 g/mol. The summed E-state index contributed by atoms with van der Waals surface area (Å²) in [5.41, 5.74) is 2.22. The van der Waals surface area contributed by atoms with Crippen molar-refractivity contribution in [2.24, 2.45) is 0 Å². The smallest absolute Gasteiger partial charge is 0.268 e. The van der Waals surface area contributed by atoms with Crippen molar-refractivity contribution in [1.29, 1.82) is 0 Å². The van der Waals surface area contributed by atoms with Crippen molar-refractivity contribution in [2.75, 3.05) is 33.4 Å². The number of hydrogen-bond donors (Lipinski definition) is 0. The van der Waals surface area contributed by atoms with Crippen molar-refractivity contribution in [3.63, 3.8) is 0 Å². The summed E-state index contributed by atoms with van der Waals surface area (Å²) >= 11 is 0. The van der Waals surface area contributed by atoms with Crippen LogP contribution in [-0.4, -0.2) is 50.6 Å². The molecule has 0 aliphatic carbocycles. The van der Waals surface area contributed by atoms with Gasteiger partial charge in [-0.05, 0) is 49.4 Å². The van der Waals surface area contributed by atoms with Gasteiger partial charge in [0.05, 0.1) is 10.4 Å². The molecule has 6 nitrogen and oxygen atoms in total. The van der Waals surface area contributed by atoms with E-state index < -0.39 is 15.8 Å². The van der Waals surface area contributed by atoms with Crippen LogP contribution in [0, 0.1) is 5.82 Å². The van der Waals surface area contributed by atoms with Gasteiger partial charge in [-0.1, -0.05) is 6.08 Å². The van der Waals surface area contributed by atoms with Gasteiger partial charge in [0.15, 0.2) is 11.5 Å². The Hall–Kier alpha value is -2.84. The maximum absolute atomic E-state index is 14.0. The lowest BCUT2D eigenvalue weighted by Crippen LogP contribution is -2.23. The molecule has 0 fully saturated rings. The standard InChI is InChI=1S/C22H21FN2O4S/c1-24-8-6-15(7-9-24)19-14-25(20-4-2-16(23)12-18(19)20)30(26,27)17-3-5-21-22(13-17)29-11-10-28-21/h2-6,12-14H,7-11H2,1H3. The number of aromatic nitrogens is 1. The molecule has 0 saturated carbocycles. The molecule has 30 heavy (non-hydrogen) atoms. The second kappa shape index (κ2) is 7.14. The number of rotatable bonds is 3. The largest absolute Gasteiger partial charge is 0.486 e. The van der Waals surface area contributed by atoms with Crippen molar-refractivity contribution >= 4 is 26.5 Å². The molecule has 0 N–H and O–H groups in total. The van der Waals surface area contributed by atoms with Crippen molar-refractivity contribution in [2.45, 2.75) is 11.3 Å². The van der Waals surface area contributed by atoms with Gasteiger partial charge in [0.2, 0.25) is 0 Å². The van der Waals surface area contributed by atoms with E-state index in [1.54, 1.807) is 12.3 Å². The van der Waals surface area contributed by atoms with Crippen LogP contribution in [0.1, 0.15) is 12.0 Å². The number of ether oxygens (including phenoxy) is 2. The average Bonchev–Trinajstić information content (AvgIpc) is 3.13. The Labute approximate surface area is 174 Å². The second-order valence-corrected chi connectivity index (χ2v) is 9.37. The zero-order valence-corrected chi connectivity index (χ0v) is 17.3. The van der Waals surface area contributed by atoms with Crippen LogP contribution >= 0.6 is 0 Å². The van der Waals surface area contributed by atoms with Crippen molar-refractivity contribution in [3.8, 4) is 11.5 Å². The van der Waals surface area contributed by atoms with Crippen molar-refractivity contribution < 1.29 is 22.3 Å². The highest BCUT2D eigenvalue weighted by molar-refractivity contribution is 7.90. The molecular weight excluding hydrogens is 407 g/mol. The van der Waals surface area contributed by atoms with Gasteiger partial charge in [-0.2, -0.15) is 0 Å². The van der Waals surface area contributed by atoms with Gasteiger partial charge in [0, 0.05) is 36.3 Å². The molecular formula is C22H21FN2O4S. The van der Waals surface area contributed by atoms with Crippen LogP contribution in [0.5, 0.6) is 11.5 Å². The van der Waals surface area contributed by atoms with Crippen LogP contribution in [0.15, 0.2) is 53.6 Å². The third-order valence-electron chi connectivity index (χ3n) is 5.56. The van der Waals surface area contributed by atoms with Gasteiger partial charge < -0.3 is 14.4 Å². The molecule has 0 saturated heterocycles. The molecule has 156 valence electrons. The van der Waals surface area contributed by atoms with E-state index in [1.165, 1.54) is 34.3 Å². The van der Waals surface area contributed by atoms with E-state index in [2.05, 4.69) is 11.0 Å². The fraction of sp³-hybridized carbons (Fsp3) is 0.273. The molecule has 2 aromatic carbocycles. The summed E-state index contributed by atoms with van der Waals surface area (Å²) in [7, 11) is -1.89. The molecule has 8 heteroatoms. The monoisotopic (exact) mass is 428 g/mol. The Morgan fingerprint density at radius 2 is 1.83 bits per heavy atom. The number of benzene rings is 2. The normalized spacial score (nSPS) is 17.2. The summed E-state index contributed by atoms with van der Waals surface area (Å²) in [5, 5.41) is 0.590. The molecule has 0 bridgehead atoms. The molecule has 0 amide bonds. The highest BCUT2D eigenvalue weighted by Gasteiger charge is 2.25. The van der Waals surface area contributed by atoms with Gasteiger partial charge in [-0.15, -0.1) is 0 Å². The third kappa shape index (κ3) is 3.16. The van der Waals surface area contributed by atoms with E-state index in [-0.39, 0.29) is 4.90 Å². The highest BCUT2D eigenvalue weighted by Crippen LogP contribution is 2.36. The zero-order valence-electron chi connectivity index (χ0n) is 16.5.